The van der Waals surface area contributed by atoms with Crippen LogP contribution >= 0.6 is 0 Å². The zero-order valence-electron chi connectivity index (χ0n) is 11.3. The fraction of sp³-hybridized carbons (Fsp3) is 0.231. The zero-order valence-corrected chi connectivity index (χ0v) is 11.3. The lowest BCUT2D eigenvalue weighted by atomic mass is 10.1. The predicted molar refractivity (Wildman–Crippen MR) is 73.2 cm³/mol. The third kappa shape index (κ3) is 2.77. The summed E-state index contributed by atoms with van der Waals surface area (Å²) in [6.45, 7) is 0.382. The number of carbonyl (C=O) groups excluding carboxylic acids is 1. The highest BCUT2D eigenvalue weighted by atomic mass is 19.1. The van der Waals surface area contributed by atoms with E-state index in [-0.39, 0.29) is 17.2 Å². The van der Waals surface area contributed by atoms with E-state index in [2.05, 4.69) is 10.5 Å². The summed E-state index contributed by atoms with van der Waals surface area (Å²) in [5.74, 6) is 4.39. The minimum absolute atomic E-state index is 0.00413. The lowest BCUT2D eigenvalue weighted by Crippen LogP contribution is -2.27. The van der Waals surface area contributed by atoms with Gasteiger partial charge in [-0.1, -0.05) is 6.07 Å². The number of aromatic nitrogens is 2. The fourth-order valence-electron chi connectivity index (χ4n) is 1.95. The van der Waals surface area contributed by atoms with E-state index in [0.29, 0.717) is 6.54 Å². The molecule has 0 bridgehead atoms. The molecule has 6 nitrogen and oxygen atoms in total. The number of hydrazine groups is 1. The first kappa shape index (κ1) is 14.0. The monoisotopic (exact) mass is 277 g/mol. The number of aryl methyl sites for hydroxylation is 1. The van der Waals surface area contributed by atoms with Gasteiger partial charge in [0.05, 0.1) is 17.4 Å². The number of nitrogens with zero attached hydrogens (tertiary/aromatic N) is 3. The molecule has 0 spiro atoms. The maximum atomic E-state index is 13.6. The molecule has 0 fully saturated rings. The standard InChI is InChI=1S/C13H16FN5O/c1-18(7-9-6-16-19(2)8-9)13(20)10-4-3-5-11(14)12(10)17-15/h3-6,8,17H,7,15H2,1-2H3. The average Bonchev–Trinajstić information content (AvgIpc) is 2.82. The van der Waals surface area contributed by atoms with Crippen LogP contribution in [0.2, 0.25) is 0 Å². The summed E-state index contributed by atoms with van der Waals surface area (Å²) in [5.41, 5.74) is 3.31. The molecule has 1 amide bonds. The van der Waals surface area contributed by atoms with Crippen LogP contribution < -0.4 is 11.3 Å². The summed E-state index contributed by atoms with van der Waals surface area (Å²) in [4.78, 5) is 13.8. The second-order valence-electron chi connectivity index (χ2n) is 4.49. The van der Waals surface area contributed by atoms with Crippen molar-refractivity contribution in [2.75, 3.05) is 12.5 Å². The lowest BCUT2D eigenvalue weighted by Gasteiger charge is -2.18. The van der Waals surface area contributed by atoms with Gasteiger partial charge in [0.15, 0.2) is 0 Å². The van der Waals surface area contributed by atoms with Gasteiger partial charge in [0.2, 0.25) is 0 Å². The highest BCUT2D eigenvalue weighted by molar-refractivity contribution is 5.99. The van der Waals surface area contributed by atoms with Gasteiger partial charge >= 0.3 is 0 Å². The van der Waals surface area contributed by atoms with Gasteiger partial charge in [-0.3, -0.25) is 15.3 Å². The number of halogens is 1. The summed E-state index contributed by atoms with van der Waals surface area (Å²) in [6, 6.07) is 4.24. The van der Waals surface area contributed by atoms with Crippen molar-refractivity contribution in [3.63, 3.8) is 0 Å². The number of nitrogen functional groups attached to an aromatic ring is 1. The molecule has 0 aliphatic carbocycles. The Morgan fingerprint density at radius 3 is 2.90 bits per heavy atom. The average molecular weight is 277 g/mol. The molecule has 0 unspecified atom stereocenters. The van der Waals surface area contributed by atoms with E-state index < -0.39 is 5.82 Å². The summed E-state index contributed by atoms with van der Waals surface area (Å²) >= 11 is 0. The molecule has 2 aromatic rings. The van der Waals surface area contributed by atoms with Crippen LogP contribution in [0.3, 0.4) is 0 Å². The quantitative estimate of drug-likeness (QED) is 0.648. The van der Waals surface area contributed by atoms with Crippen LogP contribution in [-0.4, -0.2) is 27.6 Å². The molecule has 7 heteroatoms. The van der Waals surface area contributed by atoms with Crippen molar-refractivity contribution < 1.29 is 9.18 Å². The van der Waals surface area contributed by atoms with E-state index in [1.807, 2.05) is 6.20 Å². The minimum Gasteiger partial charge on any atom is -0.337 e. The Balaban J connectivity index is 2.20. The number of carbonyl (C=O) groups is 1. The highest BCUT2D eigenvalue weighted by Crippen LogP contribution is 2.20. The van der Waals surface area contributed by atoms with Crippen molar-refractivity contribution in [1.82, 2.24) is 14.7 Å². The number of anilines is 1. The Bertz CT molecular complexity index is 625. The van der Waals surface area contributed by atoms with E-state index >= 15 is 0 Å². The number of nitrogens with two attached hydrogens (primary N) is 1. The predicted octanol–water partition coefficient (Wildman–Crippen LogP) is 1.12. The van der Waals surface area contributed by atoms with Gasteiger partial charge in [-0.15, -0.1) is 0 Å². The number of para-hydroxylation sites is 1. The third-order valence-electron chi connectivity index (χ3n) is 2.91. The number of benzene rings is 1. The molecule has 0 aliphatic rings. The van der Waals surface area contributed by atoms with Gasteiger partial charge in [-0.2, -0.15) is 5.10 Å². The topological polar surface area (TPSA) is 76.2 Å². The minimum atomic E-state index is -0.562. The number of amides is 1. The third-order valence-corrected chi connectivity index (χ3v) is 2.91. The Morgan fingerprint density at radius 2 is 2.30 bits per heavy atom. The molecule has 106 valence electrons. The van der Waals surface area contributed by atoms with E-state index in [4.69, 9.17) is 5.84 Å². The van der Waals surface area contributed by atoms with Crippen molar-refractivity contribution in [2.24, 2.45) is 12.9 Å². The highest BCUT2D eigenvalue weighted by Gasteiger charge is 2.18. The van der Waals surface area contributed by atoms with Crippen molar-refractivity contribution >= 4 is 11.6 Å². The van der Waals surface area contributed by atoms with Crippen LogP contribution in [-0.2, 0) is 13.6 Å². The van der Waals surface area contributed by atoms with Crippen LogP contribution in [0.25, 0.3) is 0 Å². The van der Waals surface area contributed by atoms with Crippen molar-refractivity contribution in [2.45, 2.75) is 6.54 Å². The smallest absolute Gasteiger partial charge is 0.256 e. The van der Waals surface area contributed by atoms with Crippen LogP contribution in [0.4, 0.5) is 10.1 Å². The van der Waals surface area contributed by atoms with Crippen LogP contribution in [0.5, 0.6) is 0 Å². The molecule has 1 heterocycles. The van der Waals surface area contributed by atoms with Crippen molar-refractivity contribution in [3.8, 4) is 0 Å². The van der Waals surface area contributed by atoms with Gasteiger partial charge in [-0.25, -0.2) is 4.39 Å². The van der Waals surface area contributed by atoms with Crippen molar-refractivity contribution in [3.05, 3.63) is 47.5 Å². The molecule has 3 N–H and O–H groups in total. The molecule has 0 atom stereocenters. The lowest BCUT2D eigenvalue weighted by molar-refractivity contribution is 0.0785. The summed E-state index contributed by atoms with van der Waals surface area (Å²) < 4.78 is 15.2. The summed E-state index contributed by atoms with van der Waals surface area (Å²) in [6.07, 6.45) is 3.49. The first-order chi connectivity index (χ1) is 9.52. The van der Waals surface area contributed by atoms with Gasteiger partial charge in [0.1, 0.15) is 5.82 Å². The van der Waals surface area contributed by atoms with Crippen molar-refractivity contribution in [1.29, 1.82) is 0 Å². The fourth-order valence-corrected chi connectivity index (χ4v) is 1.95. The maximum absolute atomic E-state index is 13.6. The SMILES string of the molecule is CN(Cc1cnn(C)c1)C(=O)c1cccc(F)c1NN. The van der Waals surface area contributed by atoms with E-state index in [0.717, 1.165) is 5.56 Å². The summed E-state index contributed by atoms with van der Waals surface area (Å²) in [5, 5.41) is 4.04. The molecular weight excluding hydrogens is 261 g/mol. The van der Waals surface area contributed by atoms with Gasteiger partial charge < -0.3 is 10.3 Å². The molecule has 2 rings (SSSR count). The van der Waals surface area contributed by atoms with Gasteiger partial charge in [0, 0.05) is 32.4 Å². The molecule has 0 radical (unpaired) electrons. The number of rotatable bonds is 4. The first-order valence-electron chi connectivity index (χ1n) is 6.01. The molecule has 1 aromatic carbocycles. The second-order valence-corrected chi connectivity index (χ2v) is 4.49. The molecule has 1 aromatic heterocycles. The van der Waals surface area contributed by atoms with Crippen LogP contribution in [0, 0.1) is 5.82 Å². The largest absolute Gasteiger partial charge is 0.337 e. The first-order valence-corrected chi connectivity index (χ1v) is 6.01. The Morgan fingerprint density at radius 1 is 1.55 bits per heavy atom. The number of hydrogen-bond donors (Lipinski definition) is 2. The second kappa shape index (κ2) is 5.70. The summed E-state index contributed by atoms with van der Waals surface area (Å²) in [7, 11) is 3.44. The molecule has 0 saturated carbocycles. The number of nitrogens with one attached hydrogen (secondary N) is 1. The number of hydrogen-bond acceptors (Lipinski definition) is 4. The Hall–Kier alpha value is -2.41. The van der Waals surface area contributed by atoms with E-state index in [1.165, 1.54) is 23.1 Å². The van der Waals surface area contributed by atoms with Gasteiger partial charge in [0.25, 0.3) is 5.91 Å². The Labute approximate surface area is 116 Å². The van der Waals surface area contributed by atoms with Crippen LogP contribution in [0.15, 0.2) is 30.6 Å². The molecule has 20 heavy (non-hydrogen) atoms. The molecule has 0 saturated heterocycles. The Kier molecular flexibility index (Phi) is 3.99. The van der Waals surface area contributed by atoms with E-state index in [1.54, 1.807) is 25.0 Å². The molecular formula is C13H16FN5O. The molecule has 0 aliphatic heterocycles. The van der Waals surface area contributed by atoms with Crippen LogP contribution in [0.1, 0.15) is 15.9 Å². The van der Waals surface area contributed by atoms with Gasteiger partial charge in [-0.05, 0) is 12.1 Å². The maximum Gasteiger partial charge on any atom is 0.256 e. The van der Waals surface area contributed by atoms with E-state index in [9.17, 15) is 9.18 Å². The normalized spacial score (nSPS) is 10.4. The zero-order chi connectivity index (χ0) is 14.7.